The summed E-state index contributed by atoms with van der Waals surface area (Å²) < 4.78 is 0. The zero-order chi connectivity index (χ0) is 10.0. The molecule has 0 aliphatic carbocycles. The fourth-order valence-corrected chi connectivity index (χ4v) is 6.95. The van der Waals surface area contributed by atoms with Crippen LogP contribution in [0.5, 0.6) is 0 Å². The van der Waals surface area contributed by atoms with Crippen LogP contribution in [0.2, 0.25) is 0 Å². The van der Waals surface area contributed by atoms with Crippen molar-refractivity contribution in [3.8, 4) is 0 Å². The number of fused-ring (bicyclic) bond motifs is 7. The zero-order valence-electron chi connectivity index (χ0n) is 8.62. The van der Waals surface area contributed by atoms with Gasteiger partial charge in [0.05, 0.1) is 0 Å². The van der Waals surface area contributed by atoms with Crippen LogP contribution in [0, 0.1) is 0 Å². The Morgan fingerprint density at radius 2 is 1.27 bits per heavy atom. The highest BCUT2D eigenvalue weighted by Gasteiger charge is 2.74. The summed E-state index contributed by atoms with van der Waals surface area (Å²) in [4.78, 5) is 0. The van der Waals surface area contributed by atoms with Crippen molar-refractivity contribution in [2.24, 2.45) is 0 Å². The highest BCUT2D eigenvalue weighted by atomic mass is 28.3. The first-order chi connectivity index (χ1) is 7.33. The van der Waals surface area contributed by atoms with E-state index in [-0.39, 0.29) is 0 Å². The van der Waals surface area contributed by atoms with Gasteiger partial charge in [-0.3, -0.25) is 0 Å². The quantitative estimate of drug-likeness (QED) is 0.574. The first-order valence-electron chi connectivity index (χ1n) is 5.40. The topological polar surface area (TPSA) is 0 Å². The Labute approximate surface area is 91.2 Å². The second-order valence-electron chi connectivity index (χ2n) is 4.59. The molecular formula is C14H11Si+. The molecule has 0 saturated carbocycles. The molecular weight excluding hydrogens is 196 g/mol. The minimum Gasteiger partial charge on any atom is -0.0616 e. The number of hydrogen-bond donors (Lipinski definition) is 0. The van der Waals surface area contributed by atoms with Crippen LogP contribution < -0.4 is 10.4 Å². The van der Waals surface area contributed by atoms with Crippen molar-refractivity contribution in [2.75, 3.05) is 0 Å². The summed E-state index contributed by atoms with van der Waals surface area (Å²) in [7, 11) is -0.403. The largest absolute Gasteiger partial charge is 0.407 e. The smallest absolute Gasteiger partial charge is 0.0616 e. The van der Waals surface area contributed by atoms with Crippen LogP contribution in [0.15, 0.2) is 48.5 Å². The van der Waals surface area contributed by atoms with Crippen molar-refractivity contribution >= 4 is 19.2 Å². The van der Waals surface area contributed by atoms with Crippen LogP contribution in [-0.2, 0) is 5.04 Å². The molecule has 2 aliphatic rings. The molecule has 0 saturated heterocycles. The molecule has 0 radical (unpaired) electrons. The zero-order valence-corrected chi connectivity index (χ0v) is 9.62. The standard InChI is InChI=1S/C14H11Si/c1-14-10-6-2-4-8-12(10)15(14)13-9-5-3-7-11(13)14/h2-9H,1H3/q+1. The third-order valence-corrected chi connectivity index (χ3v) is 7.46. The van der Waals surface area contributed by atoms with E-state index in [2.05, 4.69) is 55.5 Å². The Bertz CT molecular complexity index is 524. The molecule has 1 heteroatoms. The molecule has 4 rings (SSSR count). The SMILES string of the molecule is CC12c3ccccc3[Si+]1c1ccccc12. The van der Waals surface area contributed by atoms with Crippen molar-refractivity contribution in [1.82, 2.24) is 0 Å². The molecule has 2 aromatic carbocycles. The van der Waals surface area contributed by atoms with Gasteiger partial charge < -0.3 is 0 Å². The average molecular weight is 207 g/mol. The minimum absolute atomic E-state index is 0.403. The van der Waals surface area contributed by atoms with Gasteiger partial charge in [0, 0.05) is 11.1 Å². The van der Waals surface area contributed by atoms with E-state index >= 15 is 0 Å². The molecule has 2 heterocycles. The Hall–Kier alpha value is -1.34. The van der Waals surface area contributed by atoms with Gasteiger partial charge in [0.15, 0.2) is 5.04 Å². The van der Waals surface area contributed by atoms with Gasteiger partial charge in [-0.05, 0) is 19.1 Å². The molecule has 0 nitrogen and oxygen atoms in total. The van der Waals surface area contributed by atoms with Crippen LogP contribution in [0.4, 0.5) is 0 Å². The Kier molecular flexibility index (Phi) is 1.18. The van der Waals surface area contributed by atoms with Crippen LogP contribution in [0.1, 0.15) is 18.1 Å². The van der Waals surface area contributed by atoms with E-state index in [0.717, 1.165) is 0 Å². The lowest BCUT2D eigenvalue weighted by Gasteiger charge is -2.44. The molecule has 0 amide bonds. The van der Waals surface area contributed by atoms with Crippen LogP contribution in [0.25, 0.3) is 0 Å². The summed E-state index contributed by atoms with van der Waals surface area (Å²) in [6.45, 7) is 2.42. The third-order valence-electron chi connectivity index (χ3n) is 3.97. The lowest BCUT2D eigenvalue weighted by Crippen LogP contribution is -2.78. The Morgan fingerprint density at radius 1 is 0.800 bits per heavy atom. The molecule has 2 aromatic rings. The predicted molar refractivity (Wildman–Crippen MR) is 64.4 cm³/mol. The number of hydrogen-bond acceptors (Lipinski definition) is 0. The molecule has 0 bridgehead atoms. The van der Waals surface area contributed by atoms with Gasteiger partial charge in [0.25, 0.3) is 0 Å². The minimum atomic E-state index is -0.403. The molecule has 15 heavy (non-hydrogen) atoms. The molecule has 0 N–H and O–H groups in total. The molecule has 0 unspecified atom stereocenters. The van der Waals surface area contributed by atoms with Gasteiger partial charge in [0.2, 0.25) is 0 Å². The van der Waals surface area contributed by atoms with E-state index in [4.69, 9.17) is 0 Å². The lowest BCUT2D eigenvalue weighted by molar-refractivity contribution is 0.751. The van der Waals surface area contributed by atoms with Crippen molar-refractivity contribution in [3.63, 3.8) is 0 Å². The van der Waals surface area contributed by atoms with E-state index in [9.17, 15) is 0 Å². The van der Waals surface area contributed by atoms with Gasteiger partial charge in [-0.2, -0.15) is 0 Å². The molecule has 0 atom stereocenters. The number of benzene rings is 2. The van der Waals surface area contributed by atoms with E-state index in [0.29, 0.717) is 5.04 Å². The van der Waals surface area contributed by atoms with Crippen molar-refractivity contribution < 1.29 is 0 Å². The van der Waals surface area contributed by atoms with Crippen LogP contribution in [-0.4, -0.2) is 8.80 Å². The summed E-state index contributed by atoms with van der Waals surface area (Å²) in [6, 6.07) is 17.9. The predicted octanol–water partition coefficient (Wildman–Crippen LogP) is 1.47. The second-order valence-corrected chi connectivity index (χ2v) is 7.42. The average Bonchev–Trinajstić information content (AvgIpc) is 2.28. The summed E-state index contributed by atoms with van der Waals surface area (Å²) in [5, 5.41) is 3.71. The van der Waals surface area contributed by atoms with Gasteiger partial charge in [-0.15, -0.1) is 0 Å². The normalized spacial score (nSPS) is 18.1. The third kappa shape index (κ3) is 0.660. The van der Waals surface area contributed by atoms with Crippen LogP contribution >= 0.6 is 0 Å². The summed E-state index contributed by atoms with van der Waals surface area (Å²) in [5.74, 6) is 0. The summed E-state index contributed by atoms with van der Waals surface area (Å²) in [5.41, 5.74) is 3.16. The van der Waals surface area contributed by atoms with Gasteiger partial charge in [-0.25, -0.2) is 0 Å². The second kappa shape index (κ2) is 2.25. The van der Waals surface area contributed by atoms with Crippen molar-refractivity contribution in [3.05, 3.63) is 59.7 Å². The fraction of sp³-hybridized carbons (Fsp3) is 0.143. The van der Waals surface area contributed by atoms with E-state index in [1.807, 2.05) is 0 Å². The van der Waals surface area contributed by atoms with Crippen LogP contribution in [0.3, 0.4) is 0 Å². The maximum absolute atomic E-state index is 2.42. The molecule has 0 spiro atoms. The summed E-state index contributed by atoms with van der Waals surface area (Å²) >= 11 is 0. The number of rotatable bonds is 0. The maximum Gasteiger partial charge on any atom is 0.407 e. The Balaban J connectivity index is 2.02. The van der Waals surface area contributed by atoms with E-state index < -0.39 is 8.80 Å². The molecule has 2 aliphatic heterocycles. The Morgan fingerprint density at radius 3 is 1.80 bits per heavy atom. The van der Waals surface area contributed by atoms with Gasteiger partial charge >= 0.3 is 8.80 Å². The highest BCUT2D eigenvalue weighted by Crippen LogP contribution is 2.46. The fourth-order valence-electron chi connectivity index (χ4n) is 3.25. The molecule has 0 fully saturated rings. The van der Waals surface area contributed by atoms with E-state index in [1.54, 1.807) is 21.5 Å². The lowest BCUT2D eigenvalue weighted by atomic mass is 9.88. The first kappa shape index (κ1) is 7.89. The highest BCUT2D eigenvalue weighted by molar-refractivity contribution is 6.96. The van der Waals surface area contributed by atoms with Crippen molar-refractivity contribution in [2.45, 2.75) is 12.0 Å². The van der Waals surface area contributed by atoms with Crippen molar-refractivity contribution in [1.29, 1.82) is 0 Å². The molecule has 70 valence electrons. The molecule has 0 aromatic heterocycles. The maximum atomic E-state index is 2.42. The van der Waals surface area contributed by atoms with E-state index in [1.165, 1.54) is 0 Å². The summed E-state index contributed by atoms with van der Waals surface area (Å²) in [6.07, 6.45) is 0. The first-order valence-corrected chi connectivity index (χ1v) is 6.90. The monoisotopic (exact) mass is 207 g/mol. The van der Waals surface area contributed by atoms with Gasteiger partial charge in [-0.1, -0.05) is 36.4 Å². The van der Waals surface area contributed by atoms with Gasteiger partial charge in [0.1, 0.15) is 10.4 Å².